The summed E-state index contributed by atoms with van der Waals surface area (Å²) in [6.07, 6.45) is -6.38. The highest BCUT2D eigenvalue weighted by Crippen LogP contribution is 2.42. The summed E-state index contributed by atoms with van der Waals surface area (Å²) in [5, 5.41) is 59.2. The second-order valence-electron chi connectivity index (χ2n) is 7.15. The van der Waals surface area contributed by atoms with E-state index in [0.29, 0.717) is 11.1 Å². The Bertz CT molecular complexity index is 869. The van der Waals surface area contributed by atoms with Crippen molar-refractivity contribution in [3.63, 3.8) is 0 Å². The SMILES string of the molecule is OCC1OC(Oc2cc(O)c3c(c2)OC(c2ccc(O)cc2)C(O)C3)C(O)C1O. The fraction of sp³-hybridized carbons (Fsp3) is 0.400. The van der Waals surface area contributed by atoms with Gasteiger partial charge in [-0.1, -0.05) is 12.1 Å². The standard InChI is InChI=1S/C20H22O9/c21-8-16-17(25)18(26)20(29-16)27-11-5-13(23)12-7-14(24)19(28-15(12)6-11)9-1-3-10(22)4-2-9/h1-6,14,16-26H,7-8H2. The van der Waals surface area contributed by atoms with Crippen LogP contribution >= 0.6 is 0 Å². The number of hydrogen-bond acceptors (Lipinski definition) is 9. The van der Waals surface area contributed by atoms with Gasteiger partial charge in [0.25, 0.3) is 0 Å². The number of phenols is 2. The fourth-order valence-corrected chi connectivity index (χ4v) is 3.57. The lowest BCUT2D eigenvalue weighted by Gasteiger charge is -2.31. The topological polar surface area (TPSA) is 149 Å². The summed E-state index contributed by atoms with van der Waals surface area (Å²) in [7, 11) is 0. The minimum atomic E-state index is -1.38. The third-order valence-corrected chi connectivity index (χ3v) is 5.15. The quantitative estimate of drug-likeness (QED) is 0.411. The van der Waals surface area contributed by atoms with Crippen molar-refractivity contribution in [3.8, 4) is 23.0 Å². The summed E-state index contributed by atoms with van der Waals surface area (Å²) in [6, 6.07) is 9.02. The van der Waals surface area contributed by atoms with Crippen LogP contribution in [0.2, 0.25) is 0 Å². The van der Waals surface area contributed by atoms with E-state index in [-0.39, 0.29) is 29.4 Å². The molecule has 0 amide bonds. The van der Waals surface area contributed by atoms with Crippen LogP contribution in [0.15, 0.2) is 36.4 Å². The average molecular weight is 406 g/mol. The van der Waals surface area contributed by atoms with Gasteiger partial charge in [-0.15, -0.1) is 0 Å². The van der Waals surface area contributed by atoms with Gasteiger partial charge in [0.15, 0.2) is 0 Å². The van der Waals surface area contributed by atoms with Gasteiger partial charge < -0.3 is 44.8 Å². The Kier molecular flexibility index (Phi) is 5.24. The van der Waals surface area contributed by atoms with Gasteiger partial charge in [-0.2, -0.15) is 0 Å². The smallest absolute Gasteiger partial charge is 0.229 e. The Morgan fingerprint density at radius 2 is 1.72 bits per heavy atom. The predicted molar refractivity (Wildman–Crippen MR) is 97.7 cm³/mol. The molecule has 6 unspecified atom stereocenters. The fourth-order valence-electron chi connectivity index (χ4n) is 3.57. The lowest BCUT2D eigenvalue weighted by atomic mass is 9.94. The molecule has 6 N–H and O–H groups in total. The molecule has 156 valence electrons. The number of rotatable bonds is 4. The highest BCUT2D eigenvalue weighted by molar-refractivity contribution is 5.52. The largest absolute Gasteiger partial charge is 0.508 e. The van der Waals surface area contributed by atoms with E-state index in [9.17, 15) is 25.5 Å². The number of aromatic hydroxyl groups is 2. The molecule has 0 bridgehead atoms. The van der Waals surface area contributed by atoms with Crippen LogP contribution in [0.5, 0.6) is 23.0 Å². The summed E-state index contributed by atoms with van der Waals surface area (Å²) in [5.74, 6) is 0.339. The van der Waals surface area contributed by atoms with Crippen molar-refractivity contribution in [2.24, 2.45) is 0 Å². The Morgan fingerprint density at radius 3 is 2.38 bits per heavy atom. The van der Waals surface area contributed by atoms with Crippen molar-refractivity contribution in [1.82, 2.24) is 0 Å². The lowest BCUT2D eigenvalue weighted by molar-refractivity contribution is -0.116. The maximum Gasteiger partial charge on any atom is 0.229 e. The first-order valence-electron chi connectivity index (χ1n) is 9.16. The van der Waals surface area contributed by atoms with E-state index in [1.165, 1.54) is 24.3 Å². The van der Waals surface area contributed by atoms with Crippen LogP contribution in [0.4, 0.5) is 0 Å². The molecule has 0 aromatic heterocycles. The van der Waals surface area contributed by atoms with E-state index in [1.807, 2.05) is 0 Å². The van der Waals surface area contributed by atoms with Crippen LogP contribution in [0.25, 0.3) is 0 Å². The monoisotopic (exact) mass is 406 g/mol. The normalized spacial score (nSPS) is 31.2. The molecular weight excluding hydrogens is 384 g/mol. The summed E-state index contributed by atoms with van der Waals surface area (Å²) in [4.78, 5) is 0. The number of aliphatic hydroxyl groups is 4. The average Bonchev–Trinajstić information content (AvgIpc) is 2.97. The van der Waals surface area contributed by atoms with E-state index < -0.39 is 43.4 Å². The van der Waals surface area contributed by atoms with Gasteiger partial charge in [0.1, 0.15) is 47.4 Å². The van der Waals surface area contributed by atoms with E-state index in [0.717, 1.165) is 0 Å². The highest BCUT2D eigenvalue weighted by Gasteiger charge is 2.44. The Morgan fingerprint density at radius 1 is 1.00 bits per heavy atom. The predicted octanol–water partition coefficient (Wildman–Crippen LogP) is -0.0473. The van der Waals surface area contributed by atoms with Crippen LogP contribution in [-0.2, 0) is 11.2 Å². The van der Waals surface area contributed by atoms with Crippen LogP contribution in [0.3, 0.4) is 0 Å². The van der Waals surface area contributed by atoms with E-state index in [4.69, 9.17) is 19.3 Å². The molecule has 2 aliphatic rings. The van der Waals surface area contributed by atoms with Crippen molar-refractivity contribution in [2.45, 2.75) is 43.2 Å². The second-order valence-corrected chi connectivity index (χ2v) is 7.15. The number of ether oxygens (including phenoxy) is 3. The zero-order valence-corrected chi connectivity index (χ0v) is 15.3. The highest BCUT2D eigenvalue weighted by atomic mass is 16.7. The summed E-state index contributed by atoms with van der Waals surface area (Å²) in [5.41, 5.74) is 1.05. The first kappa shape index (κ1) is 19.7. The second kappa shape index (κ2) is 7.69. The van der Waals surface area contributed by atoms with E-state index in [2.05, 4.69) is 0 Å². The van der Waals surface area contributed by atoms with Gasteiger partial charge in [0.2, 0.25) is 6.29 Å². The van der Waals surface area contributed by atoms with Crippen molar-refractivity contribution in [1.29, 1.82) is 0 Å². The number of phenolic OH excluding ortho intramolecular Hbond substituents is 2. The summed E-state index contributed by atoms with van der Waals surface area (Å²) < 4.78 is 16.7. The molecule has 0 spiro atoms. The first-order chi connectivity index (χ1) is 13.9. The van der Waals surface area contributed by atoms with E-state index >= 15 is 0 Å². The van der Waals surface area contributed by atoms with Gasteiger partial charge in [-0.05, 0) is 17.7 Å². The maximum absolute atomic E-state index is 10.4. The lowest BCUT2D eigenvalue weighted by Crippen LogP contribution is -2.35. The minimum Gasteiger partial charge on any atom is -0.508 e. The maximum atomic E-state index is 10.4. The van der Waals surface area contributed by atoms with Gasteiger partial charge in [0.05, 0.1) is 12.7 Å². The molecule has 6 atom stereocenters. The van der Waals surface area contributed by atoms with Crippen LogP contribution in [-0.4, -0.2) is 68.0 Å². The molecule has 9 heteroatoms. The van der Waals surface area contributed by atoms with Crippen molar-refractivity contribution < 1.29 is 44.8 Å². The number of hydrogen-bond donors (Lipinski definition) is 6. The Labute approximate surface area is 166 Å². The van der Waals surface area contributed by atoms with E-state index in [1.54, 1.807) is 12.1 Å². The Hall–Kier alpha value is -2.56. The molecule has 2 heterocycles. The summed E-state index contributed by atoms with van der Waals surface area (Å²) >= 11 is 0. The molecule has 0 aliphatic carbocycles. The molecule has 0 radical (unpaired) electrons. The Balaban J connectivity index is 1.57. The number of aliphatic hydroxyl groups excluding tert-OH is 4. The van der Waals surface area contributed by atoms with Crippen LogP contribution in [0, 0.1) is 0 Å². The third-order valence-electron chi connectivity index (χ3n) is 5.15. The zero-order valence-electron chi connectivity index (χ0n) is 15.3. The van der Waals surface area contributed by atoms with Gasteiger partial charge in [-0.3, -0.25) is 0 Å². The molecule has 1 saturated heterocycles. The van der Waals surface area contributed by atoms with Crippen molar-refractivity contribution >= 4 is 0 Å². The minimum absolute atomic E-state index is 0.0891. The molecule has 2 aliphatic heterocycles. The van der Waals surface area contributed by atoms with Crippen LogP contribution < -0.4 is 9.47 Å². The molecule has 1 fully saturated rings. The molecular formula is C20H22O9. The van der Waals surface area contributed by atoms with Crippen molar-refractivity contribution in [3.05, 3.63) is 47.5 Å². The van der Waals surface area contributed by atoms with Crippen LogP contribution in [0.1, 0.15) is 17.2 Å². The molecule has 9 nitrogen and oxygen atoms in total. The zero-order chi connectivity index (χ0) is 20.7. The third kappa shape index (κ3) is 3.70. The van der Waals surface area contributed by atoms with Crippen molar-refractivity contribution in [2.75, 3.05) is 6.61 Å². The first-order valence-corrected chi connectivity index (χ1v) is 9.16. The number of benzene rings is 2. The van der Waals surface area contributed by atoms with Gasteiger partial charge >= 0.3 is 0 Å². The molecule has 2 aromatic rings. The molecule has 29 heavy (non-hydrogen) atoms. The number of fused-ring (bicyclic) bond motifs is 1. The van der Waals surface area contributed by atoms with Gasteiger partial charge in [0, 0.05) is 24.1 Å². The molecule has 4 rings (SSSR count). The van der Waals surface area contributed by atoms with Gasteiger partial charge in [-0.25, -0.2) is 0 Å². The summed E-state index contributed by atoms with van der Waals surface area (Å²) in [6.45, 7) is -0.483. The molecule has 2 aromatic carbocycles. The molecule has 0 saturated carbocycles.